The topological polar surface area (TPSA) is 74.9 Å². The van der Waals surface area contributed by atoms with Crippen LogP contribution in [0, 0.1) is 6.57 Å². The second-order valence-electron chi connectivity index (χ2n) is 10.00. The van der Waals surface area contributed by atoms with Crippen molar-refractivity contribution in [1.29, 1.82) is 0 Å². The minimum absolute atomic E-state index is 0.151. The Bertz CT molecular complexity index is 1470. The van der Waals surface area contributed by atoms with Crippen molar-refractivity contribution >= 4 is 43.9 Å². The molecule has 1 aromatic heterocycles. The van der Waals surface area contributed by atoms with Crippen molar-refractivity contribution in [2.45, 2.75) is 36.5 Å². The number of hydrogen-bond acceptors (Lipinski definition) is 5. The molecule has 0 N–H and O–H groups in total. The van der Waals surface area contributed by atoms with Gasteiger partial charge in [0, 0.05) is 67.4 Å². The van der Waals surface area contributed by atoms with Gasteiger partial charge in [-0.2, -0.15) is 0 Å². The molecule has 37 heavy (non-hydrogen) atoms. The van der Waals surface area contributed by atoms with Gasteiger partial charge in [0.1, 0.15) is 9.84 Å². The summed E-state index contributed by atoms with van der Waals surface area (Å²) in [6.45, 7) is 9.99. The smallest absolute Gasteiger partial charge is 0.260 e. The van der Waals surface area contributed by atoms with Crippen LogP contribution < -0.4 is 4.90 Å². The van der Waals surface area contributed by atoms with Gasteiger partial charge < -0.3 is 14.6 Å². The third-order valence-corrected chi connectivity index (χ3v) is 9.72. The van der Waals surface area contributed by atoms with Crippen LogP contribution in [0.25, 0.3) is 15.7 Å². The van der Waals surface area contributed by atoms with Crippen molar-refractivity contribution in [2.75, 3.05) is 37.3 Å². The minimum Gasteiger partial charge on any atom is -0.370 e. The zero-order chi connectivity index (χ0) is 26.2. The van der Waals surface area contributed by atoms with Gasteiger partial charge in [0.05, 0.1) is 22.0 Å². The third-order valence-electron chi connectivity index (χ3n) is 7.80. The van der Waals surface area contributed by atoms with Gasteiger partial charge in [0.25, 0.3) is 11.4 Å². The highest BCUT2D eigenvalue weighted by Crippen LogP contribution is 2.41. The molecule has 2 saturated heterocycles. The Kier molecular flexibility index (Phi) is 6.86. The molecule has 5 rings (SSSR count). The van der Waals surface area contributed by atoms with E-state index in [1.807, 2.05) is 42.5 Å². The number of piperidine rings is 2. The van der Waals surface area contributed by atoms with Crippen molar-refractivity contribution in [3.05, 3.63) is 82.3 Å². The van der Waals surface area contributed by atoms with Crippen LogP contribution >= 0.6 is 11.6 Å². The Hall–Kier alpha value is -3.15. The summed E-state index contributed by atoms with van der Waals surface area (Å²) in [6.07, 6.45) is 5.03. The number of likely N-dealkylation sites (tertiary alicyclic amines) is 1. The van der Waals surface area contributed by atoms with Crippen molar-refractivity contribution in [3.8, 4) is 0 Å². The Morgan fingerprint density at radius 3 is 2.38 bits per heavy atom. The number of benzene rings is 2. The summed E-state index contributed by atoms with van der Waals surface area (Å²) in [5.74, 6) is -0.151. The Balaban J connectivity index is 1.48. The molecule has 2 aromatic carbocycles. The molecule has 3 aromatic rings. The summed E-state index contributed by atoms with van der Waals surface area (Å²) in [5.41, 5.74) is 2.46. The van der Waals surface area contributed by atoms with E-state index in [4.69, 9.17) is 18.2 Å². The maximum Gasteiger partial charge on any atom is 0.260 e. The van der Waals surface area contributed by atoms with Crippen molar-refractivity contribution in [3.63, 3.8) is 0 Å². The average Bonchev–Trinajstić information content (AvgIpc) is 2.92. The zero-order valence-electron chi connectivity index (χ0n) is 20.7. The molecule has 2 aliphatic rings. The van der Waals surface area contributed by atoms with E-state index in [1.54, 1.807) is 17.2 Å². The summed E-state index contributed by atoms with van der Waals surface area (Å²) < 4.78 is 24.0. The van der Waals surface area contributed by atoms with Crippen LogP contribution in [-0.4, -0.2) is 61.9 Å². The lowest BCUT2D eigenvalue weighted by molar-refractivity contribution is 0.0726. The number of hydrogen-bond donors (Lipinski definition) is 0. The highest BCUT2D eigenvalue weighted by molar-refractivity contribution is 7.91. The van der Waals surface area contributed by atoms with Gasteiger partial charge in [0.2, 0.25) is 0 Å². The lowest BCUT2D eigenvalue weighted by Crippen LogP contribution is -2.44. The standard InChI is InChI=1S/C28H29ClN4O3S/c1-30-28(20-6-4-3-5-7-20)12-16-32(17-13-28)26-23-18-21(29)8-9-25(23)31-19-24(26)27(34)33-14-10-22(11-15-33)37(2,35)36/h3-9,18-19,22H,10-17H2,2H3. The summed E-state index contributed by atoms with van der Waals surface area (Å²) >= 11 is 6.38. The molecule has 2 fully saturated rings. The van der Waals surface area contributed by atoms with E-state index in [0.29, 0.717) is 62.4 Å². The molecule has 7 nitrogen and oxygen atoms in total. The summed E-state index contributed by atoms with van der Waals surface area (Å²) in [5, 5.41) is 0.955. The van der Waals surface area contributed by atoms with Crippen LogP contribution in [0.3, 0.4) is 0 Å². The van der Waals surface area contributed by atoms with Crippen LogP contribution in [0.2, 0.25) is 5.02 Å². The molecular weight excluding hydrogens is 508 g/mol. The first-order valence-corrected chi connectivity index (χ1v) is 14.8. The lowest BCUT2D eigenvalue weighted by Gasteiger charge is -2.37. The second-order valence-corrected chi connectivity index (χ2v) is 12.8. The molecule has 192 valence electrons. The van der Waals surface area contributed by atoms with Crippen LogP contribution in [0.1, 0.15) is 41.6 Å². The van der Waals surface area contributed by atoms with Gasteiger partial charge in [-0.1, -0.05) is 41.9 Å². The summed E-state index contributed by atoms with van der Waals surface area (Å²) in [7, 11) is -3.13. The molecule has 0 radical (unpaired) electrons. The quantitative estimate of drug-likeness (QED) is 0.441. The predicted octanol–water partition coefficient (Wildman–Crippen LogP) is 4.95. The molecule has 0 bridgehead atoms. The van der Waals surface area contributed by atoms with Crippen LogP contribution in [0.5, 0.6) is 0 Å². The Morgan fingerprint density at radius 1 is 1.08 bits per heavy atom. The van der Waals surface area contributed by atoms with E-state index < -0.39 is 20.6 Å². The van der Waals surface area contributed by atoms with Gasteiger partial charge in [0.15, 0.2) is 0 Å². The molecule has 2 aliphatic heterocycles. The fourth-order valence-corrected chi connectivity index (χ4v) is 6.86. The highest BCUT2D eigenvalue weighted by Gasteiger charge is 2.43. The van der Waals surface area contributed by atoms with Gasteiger partial charge >= 0.3 is 0 Å². The number of pyridine rings is 1. The Morgan fingerprint density at radius 2 is 1.76 bits per heavy atom. The summed E-state index contributed by atoms with van der Waals surface area (Å²) in [6, 6.07) is 15.4. The number of rotatable bonds is 4. The number of carbonyl (C=O) groups excluding carboxylic acids is 1. The summed E-state index contributed by atoms with van der Waals surface area (Å²) in [4.78, 5) is 26.3. The number of nitrogens with zero attached hydrogens (tertiary/aromatic N) is 4. The average molecular weight is 537 g/mol. The fraction of sp³-hybridized carbons (Fsp3) is 0.393. The van der Waals surface area contributed by atoms with E-state index in [0.717, 1.165) is 22.2 Å². The maximum atomic E-state index is 13.8. The molecule has 3 heterocycles. The van der Waals surface area contributed by atoms with E-state index >= 15 is 0 Å². The fourth-order valence-electron chi connectivity index (χ4n) is 5.62. The van der Waals surface area contributed by atoms with Crippen LogP contribution in [0.4, 0.5) is 5.69 Å². The molecule has 0 atom stereocenters. The Labute approximate surface area is 222 Å². The molecule has 0 spiro atoms. The van der Waals surface area contributed by atoms with E-state index in [2.05, 4.69) is 14.7 Å². The third kappa shape index (κ3) is 4.90. The van der Waals surface area contributed by atoms with Gasteiger partial charge in [-0.05, 0) is 31.0 Å². The number of halogens is 1. The molecule has 0 unspecified atom stereocenters. The molecule has 0 aliphatic carbocycles. The second kappa shape index (κ2) is 9.96. The normalized spacial score (nSPS) is 18.5. The predicted molar refractivity (Wildman–Crippen MR) is 147 cm³/mol. The largest absolute Gasteiger partial charge is 0.370 e. The van der Waals surface area contributed by atoms with Crippen molar-refractivity contribution in [2.24, 2.45) is 0 Å². The first-order valence-electron chi connectivity index (χ1n) is 12.5. The minimum atomic E-state index is -3.13. The van der Waals surface area contributed by atoms with Crippen molar-refractivity contribution in [1.82, 2.24) is 9.88 Å². The SMILES string of the molecule is [C-]#[N+]C1(c2ccccc2)CCN(c2c(C(=O)N3CCC(S(C)(=O)=O)CC3)cnc3ccc(Cl)cc23)CC1. The highest BCUT2D eigenvalue weighted by atomic mass is 35.5. The van der Waals surface area contributed by atoms with Crippen molar-refractivity contribution < 1.29 is 13.2 Å². The zero-order valence-corrected chi connectivity index (χ0v) is 22.3. The number of fused-ring (bicyclic) bond motifs is 1. The number of carbonyl (C=O) groups is 1. The molecular formula is C28H29ClN4O3S. The number of sulfone groups is 1. The van der Waals surface area contributed by atoms with Crippen LogP contribution in [0.15, 0.2) is 54.7 Å². The van der Waals surface area contributed by atoms with E-state index in [-0.39, 0.29) is 5.91 Å². The lowest BCUT2D eigenvalue weighted by atomic mass is 9.81. The maximum absolute atomic E-state index is 13.8. The van der Waals surface area contributed by atoms with E-state index in [9.17, 15) is 13.2 Å². The van der Waals surface area contributed by atoms with Gasteiger partial charge in [-0.3, -0.25) is 9.78 Å². The monoisotopic (exact) mass is 536 g/mol. The van der Waals surface area contributed by atoms with Gasteiger partial charge in [-0.25, -0.2) is 15.0 Å². The first-order chi connectivity index (χ1) is 17.7. The number of anilines is 1. The number of aromatic nitrogens is 1. The molecule has 0 saturated carbocycles. The number of amides is 1. The van der Waals surface area contributed by atoms with Gasteiger partial charge in [-0.15, -0.1) is 0 Å². The first kappa shape index (κ1) is 25.5. The molecule has 9 heteroatoms. The molecule has 1 amide bonds. The van der Waals surface area contributed by atoms with Crippen LogP contribution in [-0.2, 0) is 15.4 Å². The van der Waals surface area contributed by atoms with E-state index in [1.165, 1.54) is 6.26 Å².